The highest BCUT2D eigenvalue weighted by Crippen LogP contribution is 2.23. The second kappa shape index (κ2) is 9.06. The molecular formula is C24H23NO4. The van der Waals surface area contributed by atoms with Crippen molar-refractivity contribution in [3.63, 3.8) is 0 Å². The third kappa shape index (κ3) is 5.02. The number of hydrogen-bond donors (Lipinski definition) is 1. The molecule has 0 saturated carbocycles. The van der Waals surface area contributed by atoms with E-state index in [9.17, 15) is 9.59 Å². The van der Waals surface area contributed by atoms with Crippen LogP contribution in [0.1, 0.15) is 33.2 Å². The lowest BCUT2D eigenvalue weighted by Crippen LogP contribution is -2.24. The van der Waals surface area contributed by atoms with E-state index in [1.807, 2.05) is 19.1 Å². The Labute approximate surface area is 170 Å². The number of Topliss-reactive ketones (excluding diaryl/α,β-unsaturated/α-hetero) is 1. The fourth-order valence-corrected chi connectivity index (χ4v) is 2.89. The average Bonchev–Trinajstić information content (AvgIpc) is 2.74. The molecule has 0 saturated heterocycles. The van der Waals surface area contributed by atoms with Crippen LogP contribution in [0.5, 0.6) is 11.5 Å². The zero-order chi connectivity index (χ0) is 20.8. The van der Waals surface area contributed by atoms with Gasteiger partial charge in [-0.05, 0) is 38.1 Å². The van der Waals surface area contributed by atoms with Crippen molar-refractivity contribution in [2.75, 3.05) is 12.4 Å². The van der Waals surface area contributed by atoms with Crippen LogP contribution >= 0.6 is 0 Å². The molecule has 0 aliphatic rings. The fraction of sp³-hybridized carbons (Fsp3) is 0.167. The molecule has 1 atom stereocenters. The van der Waals surface area contributed by atoms with Gasteiger partial charge in [0.25, 0.3) is 5.91 Å². The van der Waals surface area contributed by atoms with Gasteiger partial charge in [-0.15, -0.1) is 0 Å². The Morgan fingerprint density at radius 3 is 2.38 bits per heavy atom. The van der Waals surface area contributed by atoms with E-state index >= 15 is 0 Å². The number of para-hydroxylation sites is 1. The molecule has 5 nitrogen and oxygen atoms in total. The molecule has 0 aromatic heterocycles. The summed E-state index contributed by atoms with van der Waals surface area (Å²) in [5.74, 6) is 0.599. The average molecular weight is 389 g/mol. The van der Waals surface area contributed by atoms with Crippen molar-refractivity contribution in [3.8, 4) is 11.5 Å². The maximum atomic E-state index is 12.6. The van der Waals surface area contributed by atoms with Crippen LogP contribution in [-0.2, 0) is 0 Å². The topological polar surface area (TPSA) is 64.6 Å². The van der Waals surface area contributed by atoms with E-state index in [1.165, 1.54) is 7.11 Å². The first-order chi connectivity index (χ1) is 14.0. The Morgan fingerprint density at radius 2 is 1.66 bits per heavy atom. The quantitative estimate of drug-likeness (QED) is 0.584. The molecule has 0 bridgehead atoms. The molecule has 3 rings (SSSR count). The molecule has 29 heavy (non-hydrogen) atoms. The monoisotopic (exact) mass is 389 g/mol. The van der Waals surface area contributed by atoms with E-state index in [0.717, 1.165) is 5.56 Å². The number of carbonyl (C=O) groups is 2. The summed E-state index contributed by atoms with van der Waals surface area (Å²) < 4.78 is 11.0. The first kappa shape index (κ1) is 20.1. The largest absolute Gasteiger partial charge is 0.496 e. The summed E-state index contributed by atoms with van der Waals surface area (Å²) in [6.45, 7) is 3.68. The normalized spacial score (nSPS) is 11.4. The summed E-state index contributed by atoms with van der Waals surface area (Å²) in [4.78, 5) is 25.1. The number of ketones is 1. The van der Waals surface area contributed by atoms with Crippen LogP contribution in [0.3, 0.4) is 0 Å². The van der Waals surface area contributed by atoms with Gasteiger partial charge in [0, 0.05) is 17.3 Å². The summed E-state index contributed by atoms with van der Waals surface area (Å²) in [5.41, 5.74) is 2.69. The first-order valence-electron chi connectivity index (χ1n) is 9.30. The number of anilines is 1. The summed E-state index contributed by atoms with van der Waals surface area (Å²) in [7, 11) is 1.52. The maximum Gasteiger partial charge on any atom is 0.259 e. The minimum Gasteiger partial charge on any atom is -0.496 e. The lowest BCUT2D eigenvalue weighted by atomic mass is 10.1. The summed E-state index contributed by atoms with van der Waals surface area (Å²) >= 11 is 0. The number of hydrogen-bond acceptors (Lipinski definition) is 4. The van der Waals surface area contributed by atoms with E-state index in [0.29, 0.717) is 28.3 Å². The summed E-state index contributed by atoms with van der Waals surface area (Å²) in [5, 5.41) is 2.83. The molecule has 0 fully saturated rings. The van der Waals surface area contributed by atoms with Crippen LogP contribution in [0.2, 0.25) is 0 Å². The Morgan fingerprint density at radius 1 is 0.931 bits per heavy atom. The molecule has 0 heterocycles. The molecule has 3 aromatic carbocycles. The third-order valence-electron chi connectivity index (χ3n) is 4.46. The molecule has 0 spiro atoms. The summed E-state index contributed by atoms with van der Waals surface area (Å²) in [6.07, 6.45) is -0.655. The van der Waals surface area contributed by atoms with Gasteiger partial charge in [0.2, 0.25) is 5.78 Å². The first-order valence-corrected chi connectivity index (χ1v) is 9.30. The van der Waals surface area contributed by atoms with E-state index < -0.39 is 6.10 Å². The molecule has 3 aromatic rings. The SMILES string of the molecule is COc1ccccc1C(=O)Nc1cccc(OC(C)C(=O)c2ccc(C)cc2)c1. The number of ether oxygens (including phenoxy) is 2. The third-order valence-corrected chi connectivity index (χ3v) is 4.46. The van der Waals surface area contributed by atoms with Gasteiger partial charge in [0.1, 0.15) is 11.5 Å². The van der Waals surface area contributed by atoms with E-state index in [2.05, 4.69) is 5.32 Å². The van der Waals surface area contributed by atoms with Gasteiger partial charge in [-0.2, -0.15) is 0 Å². The predicted octanol–water partition coefficient (Wildman–Crippen LogP) is 4.91. The van der Waals surface area contributed by atoms with Crippen LogP contribution in [0, 0.1) is 6.92 Å². The van der Waals surface area contributed by atoms with E-state index in [-0.39, 0.29) is 11.7 Å². The molecule has 1 amide bonds. The highest BCUT2D eigenvalue weighted by molar-refractivity contribution is 6.06. The second-order valence-corrected chi connectivity index (χ2v) is 6.67. The molecular weight excluding hydrogens is 366 g/mol. The van der Waals surface area contributed by atoms with Crippen molar-refractivity contribution in [3.05, 3.63) is 89.5 Å². The molecule has 0 aliphatic heterocycles. The summed E-state index contributed by atoms with van der Waals surface area (Å²) in [6, 6.07) is 21.3. The highest BCUT2D eigenvalue weighted by atomic mass is 16.5. The lowest BCUT2D eigenvalue weighted by Gasteiger charge is -2.15. The highest BCUT2D eigenvalue weighted by Gasteiger charge is 2.17. The van der Waals surface area contributed by atoms with Gasteiger partial charge in [-0.3, -0.25) is 9.59 Å². The Bertz CT molecular complexity index is 1010. The van der Waals surface area contributed by atoms with Crippen molar-refractivity contribution in [2.45, 2.75) is 20.0 Å². The number of rotatable bonds is 7. The second-order valence-electron chi connectivity index (χ2n) is 6.67. The van der Waals surface area contributed by atoms with Gasteiger partial charge in [-0.25, -0.2) is 0 Å². The standard InChI is InChI=1S/C24H23NO4/c1-16-11-13-18(14-12-16)23(26)17(2)29-20-8-6-7-19(15-20)25-24(27)21-9-4-5-10-22(21)28-3/h4-15,17H,1-3H3,(H,25,27). The van der Waals surface area contributed by atoms with Gasteiger partial charge in [0.15, 0.2) is 6.10 Å². The number of carbonyl (C=O) groups excluding carboxylic acids is 2. The molecule has 5 heteroatoms. The van der Waals surface area contributed by atoms with E-state index in [1.54, 1.807) is 67.6 Å². The predicted molar refractivity (Wildman–Crippen MR) is 113 cm³/mol. The van der Waals surface area contributed by atoms with Crippen LogP contribution in [0.4, 0.5) is 5.69 Å². The van der Waals surface area contributed by atoms with Crippen molar-refractivity contribution >= 4 is 17.4 Å². The molecule has 0 aliphatic carbocycles. The Kier molecular flexibility index (Phi) is 6.29. The zero-order valence-electron chi connectivity index (χ0n) is 16.6. The zero-order valence-corrected chi connectivity index (χ0v) is 16.6. The number of benzene rings is 3. The fourth-order valence-electron chi connectivity index (χ4n) is 2.89. The minimum absolute atomic E-state index is 0.103. The number of methoxy groups -OCH3 is 1. The van der Waals surface area contributed by atoms with Crippen molar-refractivity contribution in [1.82, 2.24) is 0 Å². The smallest absolute Gasteiger partial charge is 0.259 e. The molecule has 1 N–H and O–H groups in total. The maximum absolute atomic E-state index is 12.6. The number of amides is 1. The number of aryl methyl sites for hydroxylation is 1. The van der Waals surface area contributed by atoms with Gasteiger partial charge >= 0.3 is 0 Å². The van der Waals surface area contributed by atoms with Crippen molar-refractivity contribution < 1.29 is 19.1 Å². The molecule has 0 radical (unpaired) electrons. The lowest BCUT2D eigenvalue weighted by molar-refractivity contribution is 0.0818. The minimum atomic E-state index is -0.655. The van der Waals surface area contributed by atoms with Crippen LogP contribution in [-0.4, -0.2) is 24.9 Å². The van der Waals surface area contributed by atoms with Gasteiger partial charge in [-0.1, -0.05) is 48.0 Å². The Balaban J connectivity index is 1.70. The Hall–Kier alpha value is -3.60. The molecule has 1 unspecified atom stereocenters. The molecule has 148 valence electrons. The van der Waals surface area contributed by atoms with Gasteiger partial charge < -0.3 is 14.8 Å². The van der Waals surface area contributed by atoms with Gasteiger partial charge in [0.05, 0.1) is 12.7 Å². The van der Waals surface area contributed by atoms with Crippen LogP contribution in [0.25, 0.3) is 0 Å². The van der Waals surface area contributed by atoms with Crippen molar-refractivity contribution in [1.29, 1.82) is 0 Å². The van der Waals surface area contributed by atoms with Crippen LogP contribution < -0.4 is 14.8 Å². The van der Waals surface area contributed by atoms with Crippen LogP contribution in [0.15, 0.2) is 72.8 Å². The number of nitrogens with one attached hydrogen (secondary N) is 1. The van der Waals surface area contributed by atoms with Crippen molar-refractivity contribution in [2.24, 2.45) is 0 Å². The van der Waals surface area contributed by atoms with E-state index in [4.69, 9.17) is 9.47 Å².